The molecule has 1 aliphatic rings. The molecular formula is C25H26N2O2S. The van der Waals surface area contributed by atoms with Gasteiger partial charge in [0.1, 0.15) is 17.7 Å². The highest BCUT2D eigenvalue weighted by Gasteiger charge is 2.33. The van der Waals surface area contributed by atoms with E-state index in [1.165, 1.54) is 0 Å². The number of hydrogen-bond donors (Lipinski definition) is 1. The average Bonchev–Trinajstić information content (AvgIpc) is 3.26. The normalized spacial score (nSPS) is 15.8. The molecule has 1 heterocycles. The van der Waals surface area contributed by atoms with E-state index in [4.69, 9.17) is 4.74 Å². The summed E-state index contributed by atoms with van der Waals surface area (Å²) in [4.78, 5) is 15.1. The van der Waals surface area contributed by atoms with Crippen LogP contribution in [0.5, 0.6) is 5.75 Å². The van der Waals surface area contributed by atoms with E-state index in [1.807, 2.05) is 73.3 Å². The third-order valence-electron chi connectivity index (χ3n) is 5.29. The smallest absolute Gasteiger partial charge is 0.323 e. The maximum Gasteiger partial charge on any atom is 0.323 e. The first-order chi connectivity index (χ1) is 14.6. The van der Waals surface area contributed by atoms with E-state index in [0.29, 0.717) is 13.2 Å². The van der Waals surface area contributed by atoms with E-state index in [0.717, 1.165) is 39.4 Å². The summed E-state index contributed by atoms with van der Waals surface area (Å²) >= 11 is 1.77. The van der Waals surface area contributed by atoms with E-state index in [1.54, 1.807) is 11.8 Å². The highest BCUT2D eigenvalue weighted by atomic mass is 32.2. The zero-order chi connectivity index (χ0) is 20.9. The van der Waals surface area contributed by atoms with Crippen LogP contribution < -0.4 is 10.1 Å². The fraction of sp³-hybridized carbons (Fsp3) is 0.240. The van der Waals surface area contributed by atoms with Crippen LogP contribution in [0.3, 0.4) is 0 Å². The van der Waals surface area contributed by atoms with Crippen LogP contribution in [0.4, 0.5) is 10.5 Å². The summed E-state index contributed by atoms with van der Waals surface area (Å²) < 4.78 is 6.15. The Hall–Kier alpha value is -2.92. The minimum Gasteiger partial charge on any atom is -0.489 e. The Bertz CT molecular complexity index is 1000. The number of carbonyl (C=O) groups is 1. The third-order valence-corrected chi connectivity index (χ3v) is 6.53. The summed E-state index contributed by atoms with van der Waals surface area (Å²) in [6.07, 6.45) is 0. The van der Waals surface area contributed by atoms with E-state index in [2.05, 4.69) is 23.5 Å². The van der Waals surface area contributed by atoms with Gasteiger partial charge in [0.25, 0.3) is 0 Å². The van der Waals surface area contributed by atoms with Crippen molar-refractivity contribution >= 4 is 23.5 Å². The Balaban J connectivity index is 1.53. The summed E-state index contributed by atoms with van der Waals surface area (Å²) in [7, 11) is 0. The average molecular weight is 419 g/mol. The molecule has 2 amide bonds. The van der Waals surface area contributed by atoms with Gasteiger partial charge in [-0.25, -0.2) is 4.79 Å². The molecule has 5 heteroatoms. The van der Waals surface area contributed by atoms with Gasteiger partial charge in [-0.3, -0.25) is 0 Å². The van der Waals surface area contributed by atoms with Gasteiger partial charge in [-0.1, -0.05) is 66.7 Å². The van der Waals surface area contributed by atoms with Crippen LogP contribution in [-0.4, -0.2) is 23.2 Å². The van der Waals surface area contributed by atoms with Gasteiger partial charge in [0, 0.05) is 23.5 Å². The Morgan fingerprint density at radius 1 is 1.00 bits per heavy atom. The Kier molecular flexibility index (Phi) is 6.29. The van der Waals surface area contributed by atoms with Crippen LogP contribution in [0.1, 0.15) is 27.6 Å². The van der Waals surface area contributed by atoms with Crippen LogP contribution in [0.25, 0.3) is 0 Å². The molecular weight excluding hydrogens is 392 g/mol. The fourth-order valence-corrected chi connectivity index (χ4v) is 4.96. The number of thioether (sulfide) groups is 1. The fourth-order valence-electron chi connectivity index (χ4n) is 3.68. The van der Waals surface area contributed by atoms with Crippen molar-refractivity contribution in [3.8, 4) is 5.75 Å². The zero-order valence-corrected chi connectivity index (χ0v) is 18.1. The third kappa shape index (κ3) is 4.46. The molecule has 3 aromatic carbocycles. The van der Waals surface area contributed by atoms with Gasteiger partial charge in [-0.2, -0.15) is 0 Å². The molecule has 0 bridgehead atoms. The van der Waals surface area contributed by atoms with Crippen LogP contribution in [0.15, 0.2) is 72.8 Å². The lowest BCUT2D eigenvalue weighted by Gasteiger charge is -2.26. The van der Waals surface area contributed by atoms with E-state index in [9.17, 15) is 4.79 Å². The van der Waals surface area contributed by atoms with Crippen LogP contribution in [0, 0.1) is 13.8 Å². The monoisotopic (exact) mass is 418 g/mol. The number of carbonyl (C=O) groups excluding carboxylic acids is 1. The minimum atomic E-state index is -0.0692. The Morgan fingerprint density at radius 3 is 2.47 bits per heavy atom. The van der Waals surface area contributed by atoms with Crippen molar-refractivity contribution < 1.29 is 9.53 Å². The van der Waals surface area contributed by atoms with Crippen molar-refractivity contribution in [1.82, 2.24) is 4.90 Å². The molecule has 0 aliphatic carbocycles. The SMILES string of the molecule is Cc1cccc(C)c1NC(=O)N1CCS[C@@H]1c1ccccc1OCc1ccccc1. The number of aryl methyl sites for hydroxylation is 2. The molecule has 1 N–H and O–H groups in total. The summed E-state index contributed by atoms with van der Waals surface area (Å²) in [5, 5.41) is 3.06. The molecule has 3 aromatic rings. The van der Waals surface area contributed by atoms with Gasteiger partial charge < -0.3 is 15.0 Å². The number of hydrogen-bond acceptors (Lipinski definition) is 3. The number of benzene rings is 3. The Morgan fingerprint density at radius 2 is 1.70 bits per heavy atom. The van der Waals surface area contributed by atoms with Gasteiger partial charge >= 0.3 is 6.03 Å². The molecule has 1 saturated heterocycles. The summed E-state index contributed by atoms with van der Waals surface area (Å²) in [5.41, 5.74) is 5.19. The second-order valence-electron chi connectivity index (χ2n) is 7.43. The molecule has 4 nitrogen and oxygen atoms in total. The number of rotatable bonds is 5. The number of urea groups is 1. The summed E-state index contributed by atoms with van der Waals surface area (Å²) in [5.74, 6) is 1.73. The van der Waals surface area contributed by atoms with Crippen molar-refractivity contribution in [2.75, 3.05) is 17.6 Å². The minimum absolute atomic E-state index is 0.0682. The second kappa shape index (κ2) is 9.26. The molecule has 0 radical (unpaired) electrons. The lowest BCUT2D eigenvalue weighted by Crippen LogP contribution is -2.34. The van der Waals surface area contributed by atoms with Crippen LogP contribution >= 0.6 is 11.8 Å². The predicted octanol–water partition coefficient (Wildman–Crippen LogP) is 6.16. The van der Waals surface area contributed by atoms with Gasteiger partial charge in [0.15, 0.2) is 0 Å². The van der Waals surface area contributed by atoms with Gasteiger partial charge in [0.2, 0.25) is 0 Å². The van der Waals surface area contributed by atoms with Crippen molar-refractivity contribution in [3.05, 3.63) is 95.1 Å². The lowest BCUT2D eigenvalue weighted by atomic mass is 10.1. The molecule has 0 saturated carbocycles. The first kappa shape index (κ1) is 20.4. The van der Waals surface area contributed by atoms with Crippen LogP contribution in [-0.2, 0) is 6.61 Å². The number of ether oxygens (including phenoxy) is 1. The maximum absolute atomic E-state index is 13.2. The molecule has 0 unspecified atom stereocenters. The van der Waals surface area contributed by atoms with Crippen molar-refractivity contribution in [2.45, 2.75) is 25.8 Å². The van der Waals surface area contributed by atoms with Gasteiger partial charge in [0.05, 0.1) is 0 Å². The van der Waals surface area contributed by atoms with E-state index < -0.39 is 0 Å². The summed E-state index contributed by atoms with van der Waals surface area (Å²) in [6.45, 7) is 5.25. The first-order valence-electron chi connectivity index (χ1n) is 10.1. The zero-order valence-electron chi connectivity index (χ0n) is 17.3. The summed E-state index contributed by atoms with van der Waals surface area (Å²) in [6, 6.07) is 24.1. The molecule has 1 fully saturated rings. The maximum atomic E-state index is 13.2. The molecule has 4 rings (SSSR count). The number of anilines is 1. The number of nitrogens with one attached hydrogen (secondary N) is 1. The van der Waals surface area contributed by atoms with E-state index in [-0.39, 0.29) is 11.4 Å². The standard InChI is InChI=1S/C25H26N2O2S/c1-18-9-8-10-19(2)23(18)26-25(28)27-15-16-30-24(27)21-13-6-7-14-22(21)29-17-20-11-4-3-5-12-20/h3-14,24H,15-17H2,1-2H3,(H,26,28)/t24-/m1/s1. The highest BCUT2D eigenvalue weighted by Crippen LogP contribution is 2.42. The van der Waals surface area contributed by atoms with Crippen LogP contribution in [0.2, 0.25) is 0 Å². The number of nitrogens with zero attached hydrogens (tertiary/aromatic N) is 1. The van der Waals surface area contributed by atoms with Gasteiger partial charge in [-0.05, 0) is 36.6 Å². The second-order valence-corrected chi connectivity index (χ2v) is 8.61. The van der Waals surface area contributed by atoms with Crippen molar-refractivity contribution in [2.24, 2.45) is 0 Å². The van der Waals surface area contributed by atoms with Crippen molar-refractivity contribution in [1.29, 1.82) is 0 Å². The molecule has 154 valence electrons. The van der Waals surface area contributed by atoms with Gasteiger partial charge in [-0.15, -0.1) is 11.8 Å². The molecule has 0 aromatic heterocycles. The topological polar surface area (TPSA) is 41.6 Å². The number of para-hydroxylation sites is 2. The largest absolute Gasteiger partial charge is 0.489 e. The van der Waals surface area contributed by atoms with E-state index >= 15 is 0 Å². The predicted molar refractivity (Wildman–Crippen MR) is 124 cm³/mol. The lowest BCUT2D eigenvalue weighted by molar-refractivity contribution is 0.213. The Labute approximate surface area is 182 Å². The number of amides is 2. The molecule has 1 aliphatic heterocycles. The molecule has 1 atom stereocenters. The molecule has 0 spiro atoms. The highest BCUT2D eigenvalue weighted by molar-refractivity contribution is 7.99. The molecule has 30 heavy (non-hydrogen) atoms. The quantitative estimate of drug-likeness (QED) is 0.539. The van der Waals surface area contributed by atoms with Crippen molar-refractivity contribution in [3.63, 3.8) is 0 Å². The first-order valence-corrected chi connectivity index (χ1v) is 11.2.